The third kappa shape index (κ3) is 3.79. The van der Waals surface area contributed by atoms with E-state index in [4.69, 9.17) is 0 Å². The molecule has 1 aromatic heterocycles. The molecule has 1 aromatic rings. The fourth-order valence-electron chi connectivity index (χ4n) is 0.764. The molecule has 0 aliphatic rings. The number of hydrogen-bond donors (Lipinski definition) is 1. The predicted octanol–water partition coefficient (Wildman–Crippen LogP) is 2.33. The molecule has 0 aliphatic heterocycles. The van der Waals surface area contributed by atoms with Gasteiger partial charge in [0.15, 0.2) is 0 Å². The van der Waals surface area contributed by atoms with E-state index in [-0.39, 0.29) is 0 Å². The third-order valence-corrected chi connectivity index (χ3v) is 3.23. The number of thioether (sulfide) groups is 1. The number of pyridine rings is 1. The first-order chi connectivity index (χ1) is 6.14. The van der Waals surface area contributed by atoms with Crippen LogP contribution in [0.5, 0.6) is 0 Å². The zero-order chi connectivity index (χ0) is 9.73. The Bertz CT molecular complexity index is 248. The standard InChI is InChI=1S/C10H15NOS/c1-3-10(2,12)8-13-9-6-4-5-7-11-9/h4-7,12H,3,8H2,1-2H3. The van der Waals surface area contributed by atoms with Crippen LogP contribution in [0.25, 0.3) is 0 Å². The Morgan fingerprint density at radius 1 is 1.54 bits per heavy atom. The minimum Gasteiger partial charge on any atom is -0.389 e. The first-order valence-electron chi connectivity index (χ1n) is 4.40. The van der Waals surface area contributed by atoms with Gasteiger partial charge in [0.1, 0.15) is 0 Å². The summed E-state index contributed by atoms with van der Waals surface area (Å²) in [7, 11) is 0. The van der Waals surface area contributed by atoms with Gasteiger partial charge in [-0.3, -0.25) is 0 Å². The fourth-order valence-corrected chi connectivity index (χ4v) is 1.74. The van der Waals surface area contributed by atoms with Crippen molar-refractivity contribution in [3.63, 3.8) is 0 Å². The van der Waals surface area contributed by atoms with Crippen molar-refractivity contribution >= 4 is 11.8 Å². The first kappa shape index (κ1) is 10.5. The highest BCUT2D eigenvalue weighted by molar-refractivity contribution is 7.99. The largest absolute Gasteiger partial charge is 0.389 e. The third-order valence-electron chi connectivity index (χ3n) is 1.93. The van der Waals surface area contributed by atoms with Crippen molar-refractivity contribution in [3.05, 3.63) is 24.4 Å². The van der Waals surface area contributed by atoms with Crippen molar-refractivity contribution < 1.29 is 5.11 Å². The van der Waals surface area contributed by atoms with E-state index in [1.807, 2.05) is 32.0 Å². The molecule has 13 heavy (non-hydrogen) atoms. The monoisotopic (exact) mass is 197 g/mol. The normalized spacial score (nSPS) is 15.3. The molecule has 0 aliphatic carbocycles. The molecule has 1 atom stereocenters. The molecule has 0 amide bonds. The van der Waals surface area contributed by atoms with E-state index in [2.05, 4.69) is 4.98 Å². The number of aromatic nitrogens is 1. The number of rotatable bonds is 4. The summed E-state index contributed by atoms with van der Waals surface area (Å²) in [5, 5.41) is 10.7. The van der Waals surface area contributed by atoms with Gasteiger partial charge in [0.05, 0.1) is 10.6 Å². The summed E-state index contributed by atoms with van der Waals surface area (Å²) < 4.78 is 0. The second kappa shape index (κ2) is 4.63. The Kier molecular flexibility index (Phi) is 3.75. The Balaban J connectivity index is 2.44. The maximum absolute atomic E-state index is 9.74. The number of aliphatic hydroxyl groups is 1. The van der Waals surface area contributed by atoms with E-state index < -0.39 is 5.60 Å². The summed E-state index contributed by atoms with van der Waals surface area (Å²) in [6.45, 7) is 3.84. The highest BCUT2D eigenvalue weighted by Gasteiger charge is 2.17. The van der Waals surface area contributed by atoms with Crippen molar-refractivity contribution in [1.82, 2.24) is 4.98 Å². The maximum atomic E-state index is 9.74. The van der Waals surface area contributed by atoms with Gasteiger partial charge in [-0.2, -0.15) is 0 Å². The van der Waals surface area contributed by atoms with Gasteiger partial charge in [0.2, 0.25) is 0 Å². The molecule has 0 saturated heterocycles. The molecular weight excluding hydrogens is 182 g/mol. The Morgan fingerprint density at radius 3 is 2.85 bits per heavy atom. The predicted molar refractivity (Wildman–Crippen MR) is 55.9 cm³/mol. The van der Waals surface area contributed by atoms with Gasteiger partial charge in [0.25, 0.3) is 0 Å². The molecule has 0 spiro atoms. The van der Waals surface area contributed by atoms with Crippen LogP contribution in [-0.4, -0.2) is 21.4 Å². The average molecular weight is 197 g/mol. The van der Waals surface area contributed by atoms with Crippen molar-refractivity contribution in [2.24, 2.45) is 0 Å². The van der Waals surface area contributed by atoms with E-state index >= 15 is 0 Å². The lowest BCUT2D eigenvalue weighted by atomic mass is 10.1. The van der Waals surface area contributed by atoms with Gasteiger partial charge < -0.3 is 5.11 Å². The van der Waals surface area contributed by atoms with E-state index in [0.29, 0.717) is 5.75 Å². The average Bonchev–Trinajstić information content (AvgIpc) is 2.17. The molecule has 0 bridgehead atoms. The summed E-state index contributed by atoms with van der Waals surface area (Å²) in [5.74, 6) is 0.695. The molecule has 72 valence electrons. The van der Waals surface area contributed by atoms with Crippen molar-refractivity contribution in [1.29, 1.82) is 0 Å². The maximum Gasteiger partial charge on any atom is 0.0960 e. The van der Waals surface area contributed by atoms with Crippen LogP contribution in [0.4, 0.5) is 0 Å². The van der Waals surface area contributed by atoms with Gasteiger partial charge in [0, 0.05) is 11.9 Å². The minimum absolute atomic E-state index is 0.581. The van der Waals surface area contributed by atoms with Crippen LogP contribution in [0, 0.1) is 0 Å². The highest BCUT2D eigenvalue weighted by Crippen LogP contribution is 2.21. The Hall–Kier alpha value is -0.540. The Morgan fingerprint density at radius 2 is 2.31 bits per heavy atom. The molecule has 1 unspecified atom stereocenters. The SMILES string of the molecule is CCC(C)(O)CSc1ccccn1. The molecular formula is C10H15NOS. The minimum atomic E-state index is -0.581. The molecule has 0 fully saturated rings. The highest BCUT2D eigenvalue weighted by atomic mass is 32.2. The van der Waals surface area contributed by atoms with Crippen LogP contribution in [0.3, 0.4) is 0 Å². The lowest BCUT2D eigenvalue weighted by Crippen LogP contribution is -2.25. The molecule has 0 aromatic carbocycles. The molecule has 3 heteroatoms. The zero-order valence-electron chi connectivity index (χ0n) is 8.03. The lowest BCUT2D eigenvalue weighted by molar-refractivity contribution is 0.0815. The summed E-state index contributed by atoms with van der Waals surface area (Å²) in [6, 6.07) is 5.80. The van der Waals surface area contributed by atoms with Crippen molar-refractivity contribution in [2.45, 2.75) is 30.9 Å². The first-order valence-corrected chi connectivity index (χ1v) is 5.39. The van der Waals surface area contributed by atoms with Gasteiger partial charge in [-0.05, 0) is 25.5 Å². The topological polar surface area (TPSA) is 33.1 Å². The summed E-state index contributed by atoms with van der Waals surface area (Å²) >= 11 is 1.59. The summed E-state index contributed by atoms with van der Waals surface area (Å²) in [5.41, 5.74) is -0.581. The van der Waals surface area contributed by atoms with Gasteiger partial charge in [-0.15, -0.1) is 11.8 Å². The van der Waals surface area contributed by atoms with Crippen LogP contribution < -0.4 is 0 Å². The van der Waals surface area contributed by atoms with Crippen LogP contribution in [0.2, 0.25) is 0 Å². The molecule has 0 saturated carbocycles. The number of hydrogen-bond acceptors (Lipinski definition) is 3. The molecule has 1 N–H and O–H groups in total. The molecule has 0 radical (unpaired) electrons. The molecule has 1 heterocycles. The van der Waals surface area contributed by atoms with E-state index in [1.54, 1.807) is 18.0 Å². The zero-order valence-corrected chi connectivity index (χ0v) is 8.84. The summed E-state index contributed by atoms with van der Waals surface area (Å²) in [4.78, 5) is 4.17. The van der Waals surface area contributed by atoms with Crippen molar-refractivity contribution in [3.8, 4) is 0 Å². The smallest absolute Gasteiger partial charge is 0.0960 e. The summed E-state index contributed by atoms with van der Waals surface area (Å²) in [6.07, 6.45) is 2.54. The Labute approximate surface area is 83.4 Å². The quantitative estimate of drug-likeness (QED) is 0.752. The lowest BCUT2D eigenvalue weighted by Gasteiger charge is -2.19. The van der Waals surface area contributed by atoms with E-state index in [1.165, 1.54) is 0 Å². The second-order valence-corrected chi connectivity index (χ2v) is 4.30. The van der Waals surface area contributed by atoms with Gasteiger partial charge >= 0.3 is 0 Å². The fraction of sp³-hybridized carbons (Fsp3) is 0.500. The van der Waals surface area contributed by atoms with E-state index in [9.17, 15) is 5.11 Å². The van der Waals surface area contributed by atoms with Crippen LogP contribution in [-0.2, 0) is 0 Å². The van der Waals surface area contributed by atoms with Crippen molar-refractivity contribution in [2.75, 3.05) is 5.75 Å². The molecule has 1 rings (SSSR count). The van der Waals surface area contributed by atoms with Crippen LogP contribution in [0.1, 0.15) is 20.3 Å². The van der Waals surface area contributed by atoms with Gasteiger partial charge in [-0.25, -0.2) is 4.98 Å². The van der Waals surface area contributed by atoms with Crippen LogP contribution >= 0.6 is 11.8 Å². The van der Waals surface area contributed by atoms with Crippen LogP contribution in [0.15, 0.2) is 29.4 Å². The molecule has 2 nitrogen and oxygen atoms in total. The van der Waals surface area contributed by atoms with Gasteiger partial charge in [-0.1, -0.05) is 13.0 Å². The van der Waals surface area contributed by atoms with E-state index in [0.717, 1.165) is 11.4 Å². The number of nitrogens with zero attached hydrogens (tertiary/aromatic N) is 1. The second-order valence-electron chi connectivity index (χ2n) is 3.31.